The minimum Gasteiger partial charge on any atom is -0.404 e. The molecule has 0 aromatic heterocycles. The van der Waals surface area contributed by atoms with Crippen molar-refractivity contribution in [3.05, 3.63) is 53.1 Å². The van der Waals surface area contributed by atoms with Crippen LogP contribution >= 0.6 is 11.6 Å². The number of nitrogens with one attached hydrogen (secondary N) is 1. The number of halogens is 4. The van der Waals surface area contributed by atoms with Crippen LogP contribution < -0.4 is 15.2 Å². The summed E-state index contributed by atoms with van der Waals surface area (Å²) >= 11 is 5.85. The monoisotopic (exact) mass is 394 g/mol. The molecule has 0 saturated heterocycles. The van der Waals surface area contributed by atoms with Crippen molar-refractivity contribution in [3.63, 3.8) is 0 Å². The van der Waals surface area contributed by atoms with Gasteiger partial charge in [0.2, 0.25) is 5.91 Å². The highest BCUT2D eigenvalue weighted by Crippen LogP contribution is 2.32. The predicted octanol–water partition coefficient (Wildman–Crippen LogP) is 3.14. The van der Waals surface area contributed by atoms with Crippen molar-refractivity contribution < 1.29 is 31.1 Å². The molecule has 0 aliphatic heterocycles. The standard InChI is InChI=1S/C14H10ClF3N2O4S/c15-9-6-5-8(13(19)21)7-10(9)20-25(22,23)12-4-2-1-3-11(12)24-14(16,17)18/h1-7,20H,(H2,19,21). The fourth-order valence-electron chi connectivity index (χ4n) is 1.84. The summed E-state index contributed by atoms with van der Waals surface area (Å²) in [7, 11) is -4.49. The molecule has 2 aromatic rings. The van der Waals surface area contributed by atoms with Crippen molar-refractivity contribution >= 4 is 33.2 Å². The second-order valence-electron chi connectivity index (χ2n) is 4.66. The van der Waals surface area contributed by atoms with E-state index in [9.17, 15) is 26.4 Å². The number of benzene rings is 2. The number of sulfonamides is 1. The van der Waals surface area contributed by atoms with E-state index in [1.54, 1.807) is 0 Å². The van der Waals surface area contributed by atoms with Gasteiger partial charge in [0.25, 0.3) is 10.0 Å². The van der Waals surface area contributed by atoms with Crippen LogP contribution in [-0.2, 0) is 10.0 Å². The van der Waals surface area contributed by atoms with E-state index >= 15 is 0 Å². The van der Waals surface area contributed by atoms with Gasteiger partial charge in [0, 0.05) is 5.56 Å². The van der Waals surface area contributed by atoms with E-state index in [0.29, 0.717) is 0 Å². The summed E-state index contributed by atoms with van der Waals surface area (Å²) < 4.78 is 67.8. The fourth-order valence-corrected chi connectivity index (χ4v) is 3.26. The van der Waals surface area contributed by atoms with Gasteiger partial charge in [-0.3, -0.25) is 9.52 Å². The molecular formula is C14H10ClF3N2O4S. The Morgan fingerprint density at radius 3 is 2.40 bits per heavy atom. The smallest absolute Gasteiger partial charge is 0.404 e. The van der Waals surface area contributed by atoms with Gasteiger partial charge in [-0.15, -0.1) is 13.2 Å². The fraction of sp³-hybridized carbons (Fsp3) is 0.0714. The zero-order chi connectivity index (χ0) is 18.8. The van der Waals surface area contributed by atoms with Crippen LogP contribution in [0.1, 0.15) is 10.4 Å². The SMILES string of the molecule is NC(=O)c1ccc(Cl)c(NS(=O)(=O)c2ccccc2OC(F)(F)F)c1. The number of hydrogen-bond acceptors (Lipinski definition) is 4. The van der Waals surface area contributed by atoms with Gasteiger partial charge in [0.1, 0.15) is 10.6 Å². The first-order valence-corrected chi connectivity index (χ1v) is 8.33. The average Bonchev–Trinajstić information content (AvgIpc) is 2.47. The normalized spacial score (nSPS) is 11.8. The first-order valence-electron chi connectivity index (χ1n) is 6.46. The molecule has 2 aromatic carbocycles. The molecule has 2 rings (SSSR count). The lowest BCUT2D eigenvalue weighted by molar-refractivity contribution is -0.275. The average molecular weight is 395 g/mol. The van der Waals surface area contributed by atoms with E-state index in [2.05, 4.69) is 4.74 Å². The molecule has 0 aliphatic rings. The highest BCUT2D eigenvalue weighted by atomic mass is 35.5. The Hall–Kier alpha value is -2.46. The molecule has 0 aliphatic carbocycles. The van der Waals surface area contributed by atoms with Crippen LogP contribution in [0.25, 0.3) is 0 Å². The Balaban J connectivity index is 2.44. The maximum absolute atomic E-state index is 12.4. The number of amides is 1. The van der Waals surface area contributed by atoms with E-state index < -0.39 is 32.9 Å². The number of rotatable bonds is 5. The van der Waals surface area contributed by atoms with Crippen molar-refractivity contribution in [3.8, 4) is 5.75 Å². The lowest BCUT2D eigenvalue weighted by Gasteiger charge is -2.15. The summed E-state index contributed by atoms with van der Waals surface area (Å²) in [6.45, 7) is 0. The maximum atomic E-state index is 12.4. The molecule has 6 nitrogen and oxygen atoms in total. The van der Waals surface area contributed by atoms with Crippen LogP contribution in [0, 0.1) is 0 Å². The molecule has 0 unspecified atom stereocenters. The number of alkyl halides is 3. The van der Waals surface area contributed by atoms with Crippen molar-refractivity contribution in [2.75, 3.05) is 4.72 Å². The summed E-state index contributed by atoms with van der Waals surface area (Å²) in [6.07, 6.45) is -5.07. The van der Waals surface area contributed by atoms with Crippen molar-refractivity contribution in [2.24, 2.45) is 5.73 Å². The van der Waals surface area contributed by atoms with Gasteiger partial charge in [-0.1, -0.05) is 23.7 Å². The van der Waals surface area contributed by atoms with Crippen LogP contribution in [0.2, 0.25) is 5.02 Å². The zero-order valence-electron chi connectivity index (χ0n) is 12.2. The molecule has 1 amide bonds. The van der Waals surface area contributed by atoms with E-state index in [1.807, 2.05) is 4.72 Å². The van der Waals surface area contributed by atoms with Gasteiger partial charge in [-0.05, 0) is 30.3 Å². The largest absolute Gasteiger partial charge is 0.573 e. The maximum Gasteiger partial charge on any atom is 0.573 e. The number of anilines is 1. The molecule has 0 radical (unpaired) electrons. The Bertz CT molecular complexity index is 917. The molecule has 3 N–H and O–H groups in total. The topological polar surface area (TPSA) is 98.5 Å². The summed E-state index contributed by atoms with van der Waals surface area (Å²) in [6, 6.07) is 7.73. The first kappa shape index (κ1) is 18.9. The lowest BCUT2D eigenvalue weighted by atomic mass is 10.2. The molecule has 0 heterocycles. The van der Waals surface area contributed by atoms with Gasteiger partial charge < -0.3 is 10.5 Å². The number of carbonyl (C=O) groups is 1. The van der Waals surface area contributed by atoms with Gasteiger partial charge in [0.15, 0.2) is 0 Å². The predicted molar refractivity (Wildman–Crippen MR) is 83.9 cm³/mol. The molecule has 0 bridgehead atoms. The molecule has 0 saturated carbocycles. The zero-order valence-corrected chi connectivity index (χ0v) is 13.7. The van der Waals surface area contributed by atoms with E-state index in [4.69, 9.17) is 17.3 Å². The van der Waals surface area contributed by atoms with Crippen molar-refractivity contribution in [2.45, 2.75) is 11.3 Å². The molecule has 0 spiro atoms. The molecule has 25 heavy (non-hydrogen) atoms. The van der Waals surface area contributed by atoms with Crippen molar-refractivity contribution in [1.82, 2.24) is 0 Å². The summed E-state index contributed by atoms with van der Waals surface area (Å²) in [5.41, 5.74) is 4.83. The number of nitrogens with two attached hydrogens (primary N) is 1. The quantitative estimate of drug-likeness (QED) is 0.813. The van der Waals surface area contributed by atoms with Crippen LogP contribution in [0.15, 0.2) is 47.4 Å². The third kappa shape index (κ3) is 4.77. The van der Waals surface area contributed by atoms with Gasteiger partial charge in [-0.2, -0.15) is 0 Å². The van der Waals surface area contributed by atoms with Gasteiger partial charge in [-0.25, -0.2) is 8.42 Å². The molecule has 134 valence electrons. The van der Waals surface area contributed by atoms with Gasteiger partial charge >= 0.3 is 6.36 Å². The second-order valence-corrected chi connectivity index (χ2v) is 6.72. The second kappa shape index (κ2) is 6.81. The first-order chi connectivity index (χ1) is 11.5. The number of carbonyl (C=O) groups excluding carboxylic acids is 1. The Kier molecular flexibility index (Phi) is 5.14. The summed E-state index contributed by atoms with van der Waals surface area (Å²) in [5, 5.41) is -0.0807. The highest BCUT2D eigenvalue weighted by molar-refractivity contribution is 7.92. The Morgan fingerprint density at radius 1 is 1.16 bits per heavy atom. The third-order valence-electron chi connectivity index (χ3n) is 2.86. The number of ether oxygens (including phenoxy) is 1. The number of hydrogen-bond donors (Lipinski definition) is 2. The van der Waals surface area contributed by atoms with Crippen LogP contribution in [0.5, 0.6) is 5.75 Å². The van der Waals surface area contributed by atoms with Crippen LogP contribution in [0.3, 0.4) is 0 Å². The van der Waals surface area contributed by atoms with Crippen LogP contribution in [-0.4, -0.2) is 20.7 Å². The minimum absolute atomic E-state index is 0.0399. The molecule has 0 atom stereocenters. The van der Waals surface area contributed by atoms with E-state index in [0.717, 1.165) is 18.2 Å². The number of para-hydroxylation sites is 1. The molecule has 0 fully saturated rings. The van der Waals surface area contributed by atoms with E-state index in [1.165, 1.54) is 24.3 Å². The third-order valence-corrected chi connectivity index (χ3v) is 4.59. The Labute approximate surface area is 145 Å². The van der Waals surface area contributed by atoms with E-state index in [-0.39, 0.29) is 16.3 Å². The lowest BCUT2D eigenvalue weighted by Crippen LogP contribution is -2.21. The summed E-state index contributed by atoms with van der Waals surface area (Å²) in [4.78, 5) is 10.4. The minimum atomic E-state index is -5.07. The van der Waals surface area contributed by atoms with Gasteiger partial charge in [0.05, 0.1) is 10.7 Å². The number of primary amides is 1. The molecular weight excluding hydrogens is 385 g/mol. The Morgan fingerprint density at radius 2 is 1.80 bits per heavy atom. The van der Waals surface area contributed by atoms with Crippen LogP contribution in [0.4, 0.5) is 18.9 Å². The molecule has 11 heteroatoms. The summed E-state index contributed by atoms with van der Waals surface area (Å²) in [5.74, 6) is -1.75. The van der Waals surface area contributed by atoms with Crippen molar-refractivity contribution in [1.29, 1.82) is 0 Å². The highest BCUT2D eigenvalue weighted by Gasteiger charge is 2.34.